The van der Waals surface area contributed by atoms with Crippen molar-refractivity contribution < 1.29 is 19.3 Å². The molecule has 160 valence electrons. The first-order valence-electron chi connectivity index (χ1n) is 9.99. The molecule has 7 nitrogen and oxygen atoms in total. The van der Waals surface area contributed by atoms with E-state index < -0.39 is 6.10 Å². The van der Waals surface area contributed by atoms with Crippen LogP contribution in [0.1, 0.15) is 45.8 Å². The van der Waals surface area contributed by atoms with Crippen LogP contribution in [0.15, 0.2) is 23.2 Å². The summed E-state index contributed by atoms with van der Waals surface area (Å²) in [6.45, 7) is 10.8. The van der Waals surface area contributed by atoms with E-state index in [1.165, 1.54) is 0 Å². The van der Waals surface area contributed by atoms with Gasteiger partial charge in [-0.25, -0.2) is 0 Å². The van der Waals surface area contributed by atoms with Crippen molar-refractivity contribution in [3.8, 4) is 11.5 Å². The van der Waals surface area contributed by atoms with Gasteiger partial charge in [0.15, 0.2) is 5.96 Å². The summed E-state index contributed by atoms with van der Waals surface area (Å²) in [6, 6.07) is 5.35. The second-order valence-electron chi connectivity index (χ2n) is 6.83. The summed E-state index contributed by atoms with van der Waals surface area (Å²) in [5.41, 5.74) is 0.701. The molecule has 0 aliphatic rings. The van der Waals surface area contributed by atoms with Crippen molar-refractivity contribution in [3.63, 3.8) is 0 Å². The lowest BCUT2D eigenvalue weighted by molar-refractivity contribution is 0.0258. The summed E-state index contributed by atoms with van der Waals surface area (Å²) in [7, 11) is 3.17. The molecular formula is C21H37N3O4. The molecule has 2 atom stereocenters. The molecule has 1 rings (SSSR count). The van der Waals surface area contributed by atoms with Gasteiger partial charge in [0, 0.05) is 25.8 Å². The summed E-state index contributed by atoms with van der Waals surface area (Å²) < 4.78 is 16.3. The minimum Gasteiger partial charge on any atom is -0.497 e. The Hall–Kier alpha value is -1.99. The third-order valence-electron chi connectivity index (χ3n) is 4.37. The Kier molecular flexibility index (Phi) is 11.4. The Morgan fingerprint density at radius 3 is 2.21 bits per heavy atom. The van der Waals surface area contributed by atoms with Crippen LogP contribution in [0.25, 0.3) is 0 Å². The molecule has 1 aromatic carbocycles. The van der Waals surface area contributed by atoms with Crippen LogP contribution < -0.4 is 20.1 Å². The Balaban J connectivity index is 2.70. The maximum Gasteiger partial charge on any atom is 0.191 e. The van der Waals surface area contributed by atoms with Crippen molar-refractivity contribution in [2.45, 2.75) is 46.3 Å². The largest absolute Gasteiger partial charge is 0.497 e. The van der Waals surface area contributed by atoms with Gasteiger partial charge in [0.25, 0.3) is 0 Å². The van der Waals surface area contributed by atoms with Gasteiger partial charge in [0.05, 0.1) is 33.0 Å². The first kappa shape index (κ1) is 24.0. The maximum absolute atomic E-state index is 10.5. The molecule has 0 aromatic heterocycles. The second kappa shape index (κ2) is 13.2. The van der Waals surface area contributed by atoms with Crippen molar-refractivity contribution in [3.05, 3.63) is 23.8 Å². The fraction of sp³-hybridized carbons (Fsp3) is 0.667. The van der Waals surface area contributed by atoms with Crippen molar-refractivity contribution in [1.29, 1.82) is 0 Å². The molecule has 28 heavy (non-hydrogen) atoms. The van der Waals surface area contributed by atoms with Gasteiger partial charge in [-0.3, -0.25) is 4.99 Å². The van der Waals surface area contributed by atoms with E-state index in [4.69, 9.17) is 14.2 Å². The zero-order valence-electron chi connectivity index (χ0n) is 18.1. The number of aliphatic imine (C=N–C) groups is 1. The lowest BCUT2D eigenvalue weighted by Gasteiger charge is -2.21. The zero-order valence-corrected chi connectivity index (χ0v) is 18.1. The number of nitrogens with one attached hydrogen (secondary N) is 2. The number of guanidine groups is 1. The molecule has 0 spiro atoms. The summed E-state index contributed by atoms with van der Waals surface area (Å²) >= 11 is 0. The number of benzene rings is 1. The first-order chi connectivity index (χ1) is 13.4. The number of ether oxygens (including phenoxy) is 3. The number of hydrogen-bond acceptors (Lipinski definition) is 5. The van der Waals surface area contributed by atoms with Crippen LogP contribution in [0.5, 0.6) is 11.5 Å². The SMILES string of the molecule is CCNC(=NCC(O)c1cc(OC)cc(OC)c1)NCCC(OCC)C(C)C. The van der Waals surface area contributed by atoms with Crippen LogP contribution in [0.4, 0.5) is 0 Å². The van der Waals surface area contributed by atoms with E-state index in [1.54, 1.807) is 32.4 Å². The van der Waals surface area contributed by atoms with Crippen molar-refractivity contribution in [2.24, 2.45) is 10.9 Å². The molecule has 0 heterocycles. The van der Waals surface area contributed by atoms with E-state index in [-0.39, 0.29) is 12.6 Å². The minimum atomic E-state index is -0.758. The lowest BCUT2D eigenvalue weighted by atomic mass is 10.0. The predicted octanol–water partition coefficient (Wildman–Crippen LogP) is 2.74. The van der Waals surface area contributed by atoms with E-state index in [9.17, 15) is 5.11 Å². The Labute approximate surface area is 169 Å². The van der Waals surface area contributed by atoms with Crippen LogP contribution in [0.2, 0.25) is 0 Å². The van der Waals surface area contributed by atoms with Crippen molar-refractivity contribution in [2.75, 3.05) is 40.5 Å². The van der Waals surface area contributed by atoms with E-state index >= 15 is 0 Å². The van der Waals surface area contributed by atoms with Gasteiger partial charge in [-0.15, -0.1) is 0 Å². The Bertz CT molecular complexity index is 571. The summed E-state index contributed by atoms with van der Waals surface area (Å²) in [6.07, 6.45) is 0.354. The molecule has 7 heteroatoms. The summed E-state index contributed by atoms with van der Waals surface area (Å²) in [4.78, 5) is 4.51. The number of nitrogens with zero attached hydrogens (tertiary/aromatic N) is 1. The quantitative estimate of drug-likeness (QED) is 0.373. The van der Waals surface area contributed by atoms with Gasteiger partial charge in [0.1, 0.15) is 11.5 Å². The van der Waals surface area contributed by atoms with E-state index in [0.717, 1.165) is 19.5 Å². The second-order valence-corrected chi connectivity index (χ2v) is 6.83. The van der Waals surface area contributed by atoms with Crippen LogP contribution in [-0.2, 0) is 4.74 Å². The average molecular weight is 396 g/mol. The third kappa shape index (κ3) is 8.35. The van der Waals surface area contributed by atoms with Crippen molar-refractivity contribution >= 4 is 5.96 Å². The van der Waals surface area contributed by atoms with Gasteiger partial charge in [0.2, 0.25) is 0 Å². The highest BCUT2D eigenvalue weighted by Crippen LogP contribution is 2.26. The fourth-order valence-corrected chi connectivity index (χ4v) is 2.80. The number of aliphatic hydroxyl groups excluding tert-OH is 1. The molecule has 0 saturated carbocycles. The molecule has 0 bridgehead atoms. The Morgan fingerprint density at radius 1 is 1.07 bits per heavy atom. The van der Waals surface area contributed by atoms with Crippen molar-refractivity contribution in [1.82, 2.24) is 10.6 Å². The first-order valence-corrected chi connectivity index (χ1v) is 9.99. The van der Waals surface area contributed by atoms with Gasteiger partial charge in [-0.1, -0.05) is 13.8 Å². The minimum absolute atomic E-state index is 0.218. The van der Waals surface area contributed by atoms with Crippen LogP contribution in [-0.4, -0.2) is 57.6 Å². The van der Waals surface area contributed by atoms with Gasteiger partial charge in [-0.05, 0) is 43.9 Å². The number of rotatable bonds is 12. The lowest BCUT2D eigenvalue weighted by Crippen LogP contribution is -2.39. The molecular weight excluding hydrogens is 358 g/mol. The third-order valence-corrected chi connectivity index (χ3v) is 4.37. The molecule has 0 fully saturated rings. The molecule has 0 saturated heterocycles. The molecule has 3 N–H and O–H groups in total. The Morgan fingerprint density at radius 2 is 1.71 bits per heavy atom. The normalized spacial score (nSPS) is 13.9. The van der Waals surface area contributed by atoms with Gasteiger partial charge >= 0.3 is 0 Å². The molecule has 2 unspecified atom stereocenters. The average Bonchev–Trinajstić information content (AvgIpc) is 2.70. The highest BCUT2D eigenvalue weighted by Gasteiger charge is 2.14. The molecule has 0 amide bonds. The van der Waals surface area contributed by atoms with Crippen LogP contribution >= 0.6 is 0 Å². The smallest absolute Gasteiger partial charge is 0.191 e. The molecule has 0 aliphatic heterocycles. The number of hydrogen-bond donors (Lipinski definition) is 3. The molecule has 0 aliphatic carbocycles. The zero-order chi connectivity index (χ0) is 20.9. The highest BCUT2D eigenvalue weighted by atomic mass is 16.5. The highest BCUT2D eigenvalue weighted by molar-refractivity contribution is 5.79. The monoisotopic (exact) mass is 395 g/mol. The number of aliphatic hydroxyl groups is 1. The summed E-state index contributed by atoms with van der Waals surface area (Å²) in [5, 5.41) is 17.1. The molecule has 1 aromatic rings. The fourth-order valence-electron chi connectivity index (χ4n) is 2.80. The predicted molar refractivity (Wildman–Crippen MR) is 113 cm³/mol. The standard InChI is InChI=1S/C21H37N3O4/c1-7-22-21(23-10-9-20(15(3)4)28-8-2)24-14-19(25)16-11-17(26-5)13-18(12-16)27-6/h11-13,15,19-20,25H,7-10,14H2,1-6H3,(H2,22,23,24). The van der Waals surface area contributed by atoms with E-state index in [2.05, 4.69) is 29.5 Å². The van der Waals surface area contributed by atoms with E-state index in [0.29, 0.717) is 35.5 Å². The van der Waals surface area contributed by atoms with Crippen LogP contribution in [0.3, 0.4) is 0 Å². The topological polar surface area (TPSA) is 84.3 Å². The summed E-state index contributed by atoms with van der Waals surface area (Å²) in [5.74, 6) is 2.41. The molecule has 0 radical (unpaired) electrons. The van der Waals surface area contributed by atoms with Gasteiger partial charge in [-0.2, -0.15) is 0 Å². The van der Waals surface area contributed by atoms with Crippen LogP contribution in [0, 0.1) is 5.92 Å². The van der Waals surface area contributed by atoms with Gasteiger partial charge < -0.3 is 30.0 Å². The maximum atomic E-state index is 10.5. The number of methoxy groups -OCH3 is 2. The van der Waals surface area contributed by atoms with E-state index in [1.807, 2.05) is 13.8 Å².